The van der Waals surface area contributed by atoms with Crippen LogP contribution in [0.1, 0.15) is 39.1 Å². The summed E-state index contributed by atoms with van der Waals surface area (Å²) in [5.74, 6) is 0.409. The maximum absolute atomic E-state index is 16.0. The van der Waals surface area contributed by atoms with E-state index in [1.165, 1.54) is 0 Å². The monoisotopic (exact) mass is 553 g/mol. The Labute approximate surface area is 223 Å². The van der Waals surface area contributed by atoms with Crippen LogP contribution < -0.4 is 10.6 Å². The first kappa shape index (κ1) is 28.9. The summed E-state index contributed by atoms with van der Waals surface area (Å²) >= 11 is 6.25. The largest absolute Gasteiger partial charge is 0.467 e. The van der Waals surface area contributed by atoms with Crippen LogP contribution in [0.4, 0.5) is 15.0 Å². The molecule has 12 heteroatoms. The molecule has 204 valence electrons. The van der Waals surface area contributed by atoms with Gasteiger partial charge in [0.2, 0.25) is 5.28 Å². The summed E-state index contributed by atoms with van der Waals surface area (Å²) < 4.78 is 34.4. The SMILES string of the molecule is C[C@@H](Cc1c(F)c2c(NCc3ccco3)nc(Cl)nc2n1COCC[Si](C)(C)C)NC(=O)OC(C)(C)C. The molecule has 0 bridgehead atoms. The quantitative estimate of drug-likeness (QED) is 0.165. The van der Waals surface area contributed by atoms with Crippen molar-refractivity contribution in [3.8, 4) is 0 Å². The van der Waals surface area contributed by atoms with Crippen molar-refractivity contribution in [2.75, 3.05) is 11.9 Å². The van der Waals surface area contributed by atoms with Gasteiger partial charge in [-0.15, -0.1) is 0 Å². The first-order valence-electron chi connectivity index (χ1n) is 12.3. The Morgan fingerprint density at radius 2 is 2.03 bits per heavy atom. The number of aromatic nitrogens is 3. The molecule has 0 aliphatic rings. The lowest BCUT2D eigenvalue weighted by Gasteiger charge is -2.22. The van der Waals surface area contributed by atoms with Gasteiger partial charge in [-0.2, -0.15) is 9.97 Å². The number of rotatable bonds is 11. The van der Waals surface area contributed by atoms with Gasteiger partial charge in [0, 0.05) is 27.1 Å². The molecular weight excluding hydrogens is 517 g/mol. The van der Waals surface area contributed by atoms with Gasteiger partial charge in [-0.3, -0.25) is 0 Å². The number of nitrogens with one attached hydrogen (secondary N) is 2. The van der Waals surface area contributed by atoms with E-state index in [9.17, 15) is 4.79 Å². The zero-order valence-electron chi connectivity index (χ0n) is 22.6. The fourth-order valence-electron chi connectivity index (χ4n) is 3.65. The Bertz CT molecular complexity index is 1200. The lowest BCUT2D eigenvalue weighted by atomic mass is 10.1. The van der Waals surface area contributed by atoms with Crippen LogP contribution >= 0.6 is 11.6 Å². The highest BCUT2D eigenvalue weighted by Gasteiger charge is 2.26. The summed E-state index contributed by atoms with van der Waals surface area (Å²) in [6.07, 6.45) is 1.16. The molecule has 9 nitrogen and oxygen atoms in total. The molecule has 0 unspecified atom stereocenters. The third kappa shape index (κ3) is 8.44. The highest BCUT2D eigenvalue weighted by atomic mass is 35.5. The van der Waals surface area contributed by atoms with Crippen molar-refractivity contribution in [3.63, 3.8) is 0 Å². The van der Waals surface area contributed by atoms with Crippen molar-refractivity contribution in [1.82, 2.24) is 19.9 Å². The smallest absolute Gasteiger partial charge is 0.407 e. The van der Waals surface area contributed by atoms with Crippen LogP contribution in [0.3, 0.4) is 0 Å². The van der Waals surface area contributed by atoms with E-state index in [2.05, 4.69) is 40.2 Å². The van der Waals surface area contributed by atoms with Crippen LogP contribution in [0.5, 0.6) is 0 Å². The molecule has 1 amide bonds. The van der Waals surface area contributed by atoms with E-state index in [0.29, 0.717) is 30.3 Å². The second-order valence-electron chi connectivity index (χ2n) is 11.3. The minimum atomic E-state index is -1.31. The number of halogens is 2. The molecule has 0 saturated heterocycles. The molecule has 3 heterocycles. The van der Waals surface area contributed by atoms with E-state index in [1.807, 2.05) is 0 Å². The Balaban J connectivity index is 1.93. The number of ether oxygens (including phenoxy) is 2. The molecule has 0 radical (unpaired) electrons. The number of nitrogens with zero attached hydrogens (tertiary/aromatic N) is 3. The molecule has 3 rings (SSSR count). The molecule has 0 saturated carbocycles. The van der Waals surface area contributed by atoms with E-state index in [1.54, 1.807) is 50.7 Å². The molecule has 3 aromatic heterocycles. The average Bonchev–Trinajstić information content (AvgIpc) is 3.35. The summed E-state index contributed by atoms with van der Waals surface area (Å²) in [6.45, 7) is 14.9. The summed E-state index contributed by atoms with van der Waals surface area (Å²) in [5, 5.41) is 6.05. The number of carbonyl (C=O) groups is 1. The number of furan rings is 1. The summed E-state index contributed by atoms with van der Waals surface area (Å²) in [4.78, 5) is 20.9. The average molecular weight is 554 g/mol. The fraction of sp³-hybridized carbons (Fsp3) is 0.560. The van der Waals surface area contributed by atoms with Crippen LogP contribution in [0.25, 0.3) is 11.0 Å². The van der Waals surface area contributed by atoms with Crippen molar-refractivity contribution in [1.29, 1.82) is 0 Å². The Hall–Kier alpha value is -2.63. The number of amides is 1. The number of carbonyl (C=O) groups excluding carboxylic acids is 1. The predicted molar refractivity (Wildman–Crippen MR) is 145 cm³/mol. The predicted octanol–water partition coefficient (Wildman–Crippen LogP) is 6.20. The van der Waals surface area contributed by atoms with Gasteiger partial charge in [0.15, 0.2) is 11.5 Å². The highest BCUT2D eigenvalue weighted by molar-refractivity contribution is 6.76. The van der Waals surface area contributed by atoms with Gasteiger partial charge in [-0.25, -0.2) is 9.18 Å². The third-order valence-electron chi connectivity index (χ3n) is 5.41. The normalized spacial score (nSPS) is 13.1. The minimum absolute atomic E-state index is 0.0261. The van der Waals surface area contributed by atoms with E-state index in [0.717, 1.165) is 6.04 Å². The zero-order chi connectivity index (χ0) is 27.4. The first-order valence-corrected chi connectivity index (χ1v) is 16.4. The minimum Gasteiger partial charge on any atom is -0.467 e. The lowest BCUT2D eigenvalue weighted by Crippen LogP contribution is -2.39. The van der Waals surface area contributed by atoms with E-state index in [4.69, 9.17) is 25.5 Å². The molecular formula is C25H37ClFN5O4Si. The van der Waals surface area contributed by atoms with Crippen LogP contribution in [0, 0.1) is 5.82 Å². The van der Waals surface area contributed by atoms with Crippen LogP contribution in [0.15, 0.2) is 22.8 Å². The lowest BCUT2D eigenvalue weighted by molar-refractivity contribution is 0.0507. The molecule has 0 spiro atoms. The van der Waals surface area contributed by atoms with Gasteiger partial charge < -0.3 is 29.1 Å². The van der Waals surface area contributed by atoms with Crippen molar-refractivity contribution in [2.45, 2.75) is 84.7 Å². The van der Waals surface area contributed by atoms with Gasteiger partial charge in [-0.1, -0.05) is 19.6 Å². The third-order valence-corrected chi connectivity index (χ3v) is 7.28. The number of hydrogen-bond donors (Lipinski definition) is 2. The Morgan fingerprint density at radius 3 is 2.65 bits per heavy atom. The Morgan fingerprint density at radius 1 is 1.30 bits per heavy atom. The molecule has 1 atom stereocenters. The van der Waals surface area contributed by atoms with Crippen molar-refractivity contribution >= 4 is 42.6 Å². The highest BCUT2D eigenvalue weighted by Crippen LogP contribution is 2.31. The van der Waals surface area contributed by atoms with Gasteiger partial charge in [0.1, 0.15) is 23.9 Å². The topological polar surface area (TPSA) is 103 Å². The fourth-order valence-corrected chi connectivity index (χ4v) is 4.57. The number of anilines is 1. The van der Waals surface area contributed by atoms with Crippen molar-refractivity contribution in [3.05, 3.63) is 41.0 Å². The van der Waals surface area contributed by atoms with Crippen molar-refractivity contribution < 1.29 is 23.1 Å². The Kier molecular flexibility index (Phi) is 9.25. The second-order valence-corrected chi connectivity index (χ2v) is 17.2. The van der Waals surface area contributed by atoms with Crippen LogP contribution in [-0.4, -0.2) is 47.0 Å². The first-order chi connectivity index (χ1) is 17.2. The molecule has 0 aliphatic carbocycles. The van der Waals surface area contributed by atoms with E-state index < -0.39 is 31.6 Å². The van der Waals surface area contributed by atoms with Crippen LogP contribution in [0.2, 0.25) is 31.0 Å². The van der Waals surface area contributed by atoms with E-state index in [-0.39, 0.29) is 29.6 Å². The molecule has 0 aromatic carbocycles. The maximum Gasteiger partial charge on any atom is 0.407 e. The van der Waals surface area contributed by atoms with E-state index >= 15 is 4.39 Å². The van der Waals surface area contributed by atoms with Gasteiger partial charge >= 0.3 is 6.09 Å². The number of alkyl carbamates (subject to hydrolysis) is 1. The molecule has 2 N–H and O–H groups in total. The molecule has 0 aliphatic heterocycles. The maximum atomic E-state index is 16.0. The zero-order valence-corrected chi connectivity index (χ0v) is 24.3. The van der Waals surface area contributed by atoms with Crippen LogP contribution in [-0.2, 0) is 29.2 Å². The number of hydrogen-bond acceptors (Lipinski definition) is 7. The molecule has 0 fully saturated rings. The summed E-state index contributed by atoms with van der Waals surface area (Å²) in [7, 11) is -1.31. The standard InChI is InChI=1S/C25H37ClFN5O4Si/c1-16(29-24(33)36-25(2,3)4)13-18-20(27)19-21(28-14-17-9-8-10-35-17)30-23(26)31-22(19)32(18)15-34-11-12-37(5,6)7/h8-10,16H,11-15H2,1-7H3,(H,29,33)(H,28,30,31)/t16-/m0/s1. The van der Waals surface area contributed by atoms with Gasteiger partial charge in [0.05, 0.1) is 23.9 Å². The van der Waals surface area contributed by atoms with Gasteiger partial charge in [0.25, 0.3) is 0 Å². The summed E-state index contributed by atoms with van der Waals surface area (Å²) in [6, 6.07) is 4.10. The van der Waals surface area contributed by atoms with Gasteiger partial charge in [-0.05, 0) is 57.5 Å². The van der Waals surface area contributed by atoms with Crippen molar-refractivity contribution in [2.24, 2.45) is 0 Å². The summed E-state index contributed by atoms with van der Waals surface area (Å²) in [5.41, 5.74) is -0.00852. The molecule has 37 heavy (non-hydrogen) atoms. The second kappa shape index (κ2) is 11.8. The molecule has 3 aromatic rings. The number of fused-ring (bicyclic) bond motifs is 1.